The van der Waals surface area contributed by atoms with E-state index in [1.807, 2.05) is 24.3 Å². The third-order valence-corrected chi connectivity index (χ3v) is 8.73. The van der Waals surface area contributed by atoms with Gasteiger partial charge in [0.1, 0.15) is 21.7 Å². The first-order valence-corrected chi connectivity index (χ1v) is 20.8. The number of aliphatic imine (C=N–C) groups is 2. The van der Waals surface area contributed by atoms with Gasteiger partial charge in [-0.3, -0.25) is 0 Å². The van der Waals surface area contributed by atoms with Gasteiger partial charge >= 0.3 is 0 Å². The second-order valence-electron chi connectivity index (χ2n) is 9.71. The molecule has 0 radical (unpaired) electrons. The van der Waals surface area contributed by atoms with Crippen molar-refractivity contribution in [1.82, 2.24) is 9.80 Å². The maximum Gasteiger partial charge on any atom is 0.139 e. The van der Waals surface area contributed by atoms with Gasteiger partial charge in [-0.2, -0.15) is 0 Å². The van der Waals surface area contributed by atoms with Gasteiger partial charge in [-0.05, 0) is 57.3 Å². The summed E-state index contributed by atoms with van der Waals surface area (Å²) < 4.78 is 0. The average molecular weight is 832 g/mol. The van der Waals surface area contributed by atoms with Crippen LogP contribution in [0.3, 0.4) is 0 Å². The number of nitrogens with one attached hydrogen (secondary N) is 2. The van der Waals surface area contributed by atoms with E-state index in [0.29, 0.717) is 5.84 Å². The summed E-state index contributed by atoms with van der Waals surface area (Å²) in [7, 11) is 2.18. The first kappa shape index (κ1) is 32.0. The van der Waals surface area contributed by atoms with E-state index in [1.165, 1.54) is 20.3 Å². The Kier molecular flexibility index (Phi) is 11.3. The molecule has 0 aliphatic carbocycles. The number of amidine groups is 2. The standard InChI is InChI=1S/C17H20N4S.C12H11N3S.ClH.I2/c1-12-11-13-16(21-9-7-20(2)8-10-21)18-14-5-3-4-6-15(14)19-17(13)22-12;1-7-6-8-11(13)14-9-4-2-3-5-10(9)15-12(8)16-7;;1-2/h3-6,11,19H,7-10H2,1-2H3;2-6,15H,1H3,(H2,13,14);1H;. The Labute approximate surface area is 279 Å². The van der Waals surface area contributed by atoms with Crippen LogP contribution in [0.2, 0.25) is 0 Å². The number of nitrogens with two attached hydrogens (primary N) is 1. The van der Waals surface area contributed by atoms with Gasteiger partial charge in [0.15, 0.2) is 0 Å². The van der Waals surface area contributed by atoms with E-state index in [-0.39, 0.29) is 12.4 Å². The number of rotatable bonds is 0. The second kappa shape index (κ2) is 14.5. The van der Waals surface area contributed by atoms with Crippen LogP contribution in [0.15, 0.2) is 70.6 Å². The summed E-state index contributed by atoms with van der Waals surface area (Å²) in [6.07, 6.45) is 0. The van der Waals surface area contributed by atoms with Crippen molar-refractivity contribution in [2.45, 2.75) is 13.8 Å². The lowest BCUT2D eigenvalue weighted by Gasteiger charge is -2.34. The molecule has 7 nitrogen and oxygen atoms in total. The Bertz CT molecular complexity index is 1560. The fraction of sp³-hybridized carbons (Fsp3) is 0.241. The number of fused-ring (bicyclic) bond motifs is 4. The van der Waals surface area contributed by atoms with Crippen molar-refractivity contribution in [2.75, 3.05) is 43.9 Å². The van der Waals surface area contributed by atoms with Crippen LogP contribution in [0.5, 0.6) is 0 Å². The first-order chi connectivity index (χ1) is 19.4. The van der Waals surface area contributed by atoms with Crippen LogP contribution < -0.4 is 16.4 Å². The minimum atomic E-state index is 0. The van der Waals surface area contributed by atoms with Crippen molar-refractivity contribution >= 4 is 117 Å². The van der Waals surface area contributed by atoms with E-state index >= 15 is 0 Å². The van der Waals surface area contributed by atoms with Crippen molar-refractivity contribution < 1.29 is 0 Å². The zero-order chi connectivity index (χ0) is 28.2. The second-order valence-corrected chi connectivity index (χ2v) is 12.2. The number of hydrogen-bond acceptors (Lipinski definition) is 9. The largest absolute Gasteiger partial charge is 0.383 e. The molecule has 216 valence electrons. The van der Waals surface area contributed by atoms with Crippen LogP contribution in [-0.4, -0.2) is 54.7 Å². The molecular weight excluding hydrogens is 800 g/mol. The summed E-state index contributed by atoms with van der Waals surface area (Å²) in [5.41, 5.74) is 12.2. The molecule has 1 fully saturated rings. The average Bonchev–Trinajstić information content (AvgIpc) is 3.43. The summed E-state index contributed by atoms with van der Waals surface area (Å²) in [4.78, 5) is 16.8. The molecule has 0 bridgehead atoms. The van der Waals surface area contributed by atoms with Crippen molar-refractivity contribution in [3.8, 4) is 0 Å². The lowest BCUT2D eigenvalue weighted by Crippen LogP contribution is -2.47. The number of thiophene rings is 2. The van der Waals surface area contributed by atoms with Gasteiger partial charge in [0.05, 0.1) is 33.9 Å². The third kappa shape index (κ3) is 7.36. The van der Waals surface area contributed by atoms with Gasteiger partial charge < -0.3 is 26.2 Å². The van der Waals surface area contributed by atoms with Gasteiger partial charge in [0.25, 0.3) is 0 Å². The highest BCUT2D eigenvalue weighted by molar-refractivity contribution is 15.0. The number of hydrogen-bond donors (Lipinski definition) is 3. The summed E-state index contributed by atoms with van der Waals surface area (Å²) >= 11 is 7.75. The zero-order valence-corrected chi connectivity index (χ0v) is 29.7. The van der Waals surface area contributed by atoms with E-state index in [2.05, 4.69) is 120 Å². The van der Waals surface area contributed by atoms with Crippen LogP contribution in [0.1, 0.15) is 20.9 Å². The number of likely N-dealkylation sites (N-methyl/N-ethyl adjacent to an activating group) is 1. The maximum atomic E-state index is 5.99. The van der Waals surface area contributed by atoms with Gasteiger partial charge in [0.2, 0.25) is 0 Å². The first-order valence-electron chi connectivity index (χ1n) is 12.9. The lowest BCUT2D eigenvalue weighted by molar-refractivity contribution is 0.216. The number of benzene rings is 2. The predicted molar refractivity (Wildman–Crippen MR) is 199 cm³/mol. The Balaban J connectivity index is 0.000000181. The molecule has 0 atom stereocenters. The summed E-state index contributed by atoms with van der Waals surface area (Å²) in [5, 5.41) is 9.23. The molecule has 0 unspecified atom stereocenters. The quantitative estimate of drug-likeness (QED) is 0.155. The topological polar surface area (TPSA) is 81.3 Å². The molecule has 0 spiro atoms. The predicted octanol–water partition coefficient (Wildman–Crippen LogP) is 8.78. The van der Waals surface area contributed by atoms with Crippen molar-refractivity contribution in [2.24, 2.45) is 15.7 Å². The Morgan fingerprint density at radius 3 is 1.83 bits per heavy atom. The van der Waals surface area contributed by atoms with Crippen molar-refractivity contribution in [3.63, 3.8) is 0 Å². The maximum absolute atomic E-state index is 5.99. The molecule has 2 aromatic carbocycles. The SMILES string of the molecule is Cc1cc2c(s1)Nc1ccccc1N=C2N.Cc1cc2c(s1)Nc1ccccc1N=C2N1CCN(C)CC1.Cl.II. The number of halogens is 3. The normalized spacial score (nSPS) is 15.0. The van der Waals surface area contributed by atoms with Crippen LogP contribution in [0, 0.1) is 13.8 Å². The highest BCUT2D eigenvalue weighted by Gasteiger charge is 2.25. The summed E-state index contributed by atoms with van der Waals surface area (Å²) in [5.74, 6) is 1.70. The fourth-order valence-electron chi connectivity index (χ4n) is 4.79. The van der Waals surface area contributed by atoms with E-state index in [9.17, 15) is 0 Å². The minimum Gasteiger partial charge on any atom is -0.383 e. The Hall–Kier alpha value is -1.91. The number of aryl methyl sites for hydroxylation is 2. The molecule has 3 aliphatic heterocycles. The van der Waals surface area contributed by atoms with E-state index in [1.54, 1.807) is 22.7 Å². The minimum absolute atomic E-state index is 0. The fourth-order valence-corrected chi connectivity index (χ4v) is 6.65. The molecule has 0 saturated carbocycles. The zero-order valence-electron chi connectivity index (χ0n) is 22.9. The Morgan fingerprint density at radius 1 is 0.756 bits per heavy atom. The molecule has 5 heterocycles. The molecular formula is C29H32ClI2N7S2. The molecule has 2 aromatic heterocycles. The highest BCUT2D eigenvalue weighted by atomic mass is 128. The van der Waals surface area contributed by atoms with Crippen molar-refractivity contribution in [1.29, 1.82) is 0 Å². The smallest absolute Gasteiger partial charge is 0.139 e. The highest BCUT2D eigenvalue weighted by Crippen LogP contribution is 2.39. The molecule has 4 N–H and O–H groups in total. The number of para-hydroxylation sites is 4. The van der Waals surface area contributed by atoms with E-state index in [0.717, 1.165) is 65.3 Å². The van der Waals surface area contributed by atoms with Crippen LogP contribution in [0.4, 0.5) is 32.8 Å². The van der Waals surface area contributed by atoms with Gasteiger partial charge in [-0.1, -0.05) is 24.3 Å². The Morgan fingerprint density at radius 2 is 1.24 bits per heavy atom. The van der Waals surface area contributed by atoms with Crippen molar-refractivity contribution in [3.05, 3.63) is 81.5 Å². The van der Waals surface area contributed by atoms with Crippen LogP contribution in [0.25, 0.3) is 0 Å². The van der Waals surface area contributed by atoms with Gasteiger partial charge in [0, 0.05) is 73.2 Å². The molecule has 3 aliphatic rings. The van der Waals surface area contributed by atoms with Gasteiger partial charge in [-0.25, -0.2) is 9.98 Å². The van der Waals surface area contributed by atoms with E-state index in [4.69, 9.17) is 10.7 Å². The number of nitrogens with zero attached hydrogens (tertiary/aromatic N) is 4. The number of anilines is 4. The van der Waals surface area contributed by atoms with Crippen LogP contribution in [-0.2, 0) is 0 Å². The monoisotopic (exact) mass is 831 g/mol. The van der Waals surface area contributed by atoms with Crippen LogP contribution >= 0.6 is 72.3 Å². The summed E-state index contributed by atoms with van der Waals surface area (Å²) in [6, 6.07) is 20.5. The van der Waals surface area contributed by atoms with Gasteiger partial charge in [-0.15, -0.1) is 35.1 Å². The molecule has 41 heavy (non-hydrogen) atoms. The van der Waals surface area contributed by atoms with E-state index < -0.39 is 0 Å². The lowest BCUT2D eigenvalue weighted by atomic mass is 10.2. The molecule has 0 amide bonds. The molecule has 7 rings (SSSR count). The molecule has 12 heteroatoms. The molecule has 1 saturated heterocycles. The number of piperazine rings is 1. The summed E-state index contributed by atoms with van der Waals surface area (Å²) in [6.45, 7) is 8.48. The third-order valence-electron chi connectivity index (χ3n) is 6.80. The molecule has 4 aromatic rings.